The molecule has 0 bridgehead atoms. The molecule has 1 aliphatic rings. The number of carbonyl (C=O) groups excluding carboxylic acids is 1. The zero-order valence-corrected chi connectivity index (χ0v) is 17.4. The number of carbonyl (C=O) groups is 1. The van der Waals surface area contributed by atoms with Crippen LogP contribution < -0.4 is 0 Å². The van der Waals surface area contributed by atoms with Gasteiger partial charge in [0, 0.05) is 16.6 Å². The van der Waals surface area contributed by atoms with Crippen LogP contribution in [0.5, 0.6) is 0 Å². The summed E-state index contributed by atoms with van der Waals surface area (Å²) in [5.41, 5.74) is 0.760. The van der Waals surface area contributed by atoms with Crippen molar-refractivity contribution in [1.29, 1.82) is 0 Å². The molecule has 5 nitrogen and oxygen atoms in total. The minimum absolute atomic E-state index is 0.0703. The lowest BCUT2D eigenvalue weighted by Gasteiger charge is -2.23. The number of imidazole rings is 1. The largest absolute Gasteiger partial charge is 0.340 e. The van der Waals surface area contributed by atoms with Gasteiger partial charge in [0.25, 0.3) is 6.43 Å². The lowest BCUT2D eigenvalue weighted by atomic mass is 10.1. The molecule has 1 unspecified atom stereocenters. The van der Waals surface area contributed by atoms with Gasteiger partial charge in [-0.2, -0.15) is 0 Å². The molecule has 0 saturated carbocycles. The van der Waals surface area contributed by atoms with E-state index in [0.29, 0.717) is 15.6 Å². The quantitative estimate of drug-likeness (QED) is 0.495. The lowest BCUT2D eigenvalue weighted by molar-refractivity contribution is 0.0928. The monoisotopic (exact) mass is 474 g/mol. The molecule has 0 spiro atoms. The van der Waals surface area contributed by atoms with E-state index in [9.17, 15) is 22.4 Å². The second-order valence-corrected chi connectivity index (χ2v) is 8.08. The zero-order valence-electron chi connectivity index (χ0n) is 15.9. The summed E-state index contributed by atoms with van der Waals surface area (Å²) in [5, 5.41) is 0.820. The highest BCUT2D eigenvalue weighted by Crippen LogP contribution is 2.28. The van der Waals surface area contributed by atoms with Gasteiger partial charge in [-0.3, -0.25) is 0 Å². The van der Waals surface area contributed by atoms with Crippen molar-refractivity contribution in [3.05, 3.63) is 63.4 Å². The molecular weight excluding hydrogens is 459 g/mol. The smallest absolute Gasteiger partial charge is 0.321 e. The highest BCUT2D eigenvalue weighted by molar-refractivity contribution is 6.35. The molecule has 2 aromatic carbocycles. The number of H-pyrrole nitrogens is 1. The molecule has 1 saturated heterocycles. The van der Waals surface area contributed by atoms with Crippen LogP contribution in [0.3, 0.4) is 0 Å². The number of aromatic nitrogens is 2. The van der Waals surface area contributed by atoms with Crippen molar-refractivity contribution < 1.29 is 22.4 Å². The number of alkyl halides is 2. The lowest BCUT2D eigenvalue weighted by Crippen LogP contribution is -2.39. The van der Waals surface area contributed by atoms with Crippen LogP contribution in [0.4, 0.5) is 22.4 Å². The van der Waals surface area contributed by atoms with Crippen molar-refractivity contribution >= 4 is 40.3 Å². The van der Waals surface area contributed by atoms with E-state index in [0.717, 1.165) is 11.0 Å². The summed E-state index contributed by atoms with van der Waals surface area (Å²) in [6.45, 7) is -0.664. The first-order valence-electron chi connectivity index (χ1n) is 9.33. The topological polar surface area (TPSA) is 52.2 Å². The van der Waals surface area contributed by atoms with Crippen molar-refractivity contribution in [2.45, 2.75) is 25.4 Å². The summed E-state index contributed by atoms with van der Waals surface area (Å²) >= 11 is 12.1. The number of urea groups is 1. The van der Waals surface area contributed by atoms with E-state index in [1.54, 1.807) is 18.2 Å². The maximum atomic E-state index is 13.9. The molecule has 2 amide bonds. The van der Waals surface area contributed by atoms with Crippen LogP contribution in [0.15, 0.2) is 30.3 Å². The Morgan fingerprint density at radius 1 is 1.19 bits per heavy atom. The van der Waals surface area contributed by atoms with E-state index < -0.39 is 36.7 Å². The van der Waals surface area contributed by atoms with Gasteiger partial charge in [0.1, 0.15) is 11.3 Å². The van der Waals surface area contributed by atoms with Crippen LogP contribution >= 0.6 is 23.2 Å². The number of hydrogen-bond donors (Lipinski definition) is 1. The second kappa shape index (κ2) is 8.55. The Morgan fingerprint density at radius 2 is 1.97 bits per heavy atom. The third-order valence-corrected chi connectivity index (χ3v) is 5.72. The highest BCUT2D eigenvalue weighted by atomic mass is 35.5. The summed E-state index contributed by atoms with van der Waals surface area (Å²) in [6.07, 6.45) is -2.46. The van der Waals surface area contributed by atoms with Gasteiger partial charge in [-0.05, 0) is 36.2 Å². The number of halogens is 6. The van der Waals surface area contributed by atoms with Gasteiger partial charge in [0.05, 0.1) is 24.6 Å². The Balaban J connectivity index is 1.57. The van der Waals surface area contributed by atoms with Crippen molar-refractivity contribution in [2.24, 2.45) is 0 Å². The molecule has 31 heavy (non-hydrogen) atoms. The number of aromatic amines is 1. The Morgan fingerprint density at radius 3 is 2.68 bits per heavy atom. The van der Waals surface area contributed by atoms with E-state index in [2.05, 4.69) is 9.97 Å². The maximum Gasteiger partial charge on any atom is 0.321 e. The van der Waals surface area contributed by atoms with Gasteiger partial charge >= 0.3 is 6.03 Å². The van der Waals surface area contributed by atoms with Gasteiger partial charge in [-0.1, -0.05) is 29.3 Å². The first-order chi connectivity index (χ1) is 14.7. The molecule has 1 N–H and O–H groups in total. The van der Waals surface area contributed by atoms with Crippen molar-refractivity contribution in [2.75, 3.05) is 13.1 Å². The Labute approximate surface area is 184 Å². The molecule has 3 aromatic rings. The number of hydrogen-bond acceptors (Lipinski definition) is 2. The van der Waals surface area contributed by atoms with Crippen LogP contribution in [0.1, 0.15) is 11.4 Å². The Bertz CT molecular complexity index is 1140. The summed E-state index contributed by atoms with van der Waals surface area (Å²) in [7, 11) is 0. The van der Waals surface area contributed by atoms with Crippen LogP contribution in [0.25, 0.3) is 11.0 Å². The zero-order chi connectivity index (χ0) is 22.3. The van der Waals surface area contributed by atoms with Gasteiger partial charge in [-0.25, -0.2) is 27.3 Å². The molecular formula is C20H16Cl2F4N4O. The predicted octanol–water partition coefficient (Wildman–Crippen LogP) is 5.26. The molecule has 4 rings (SSSR count). The van der Waals surface area contributed by atoms with Crippen molar-refractivity contribution in [3.63, 3.8) is 0 Å². The van der Waals surface area contributed by atoms with Crippen molar-refractivity contribution in [3.8, 4) is 0 Å². The van der Waals surface area contributed by atoms with Crippen LogP contribution in [0, 0.1) is 11.6 Å². The summed E-state index contributed by atoms with van der Waals surface area (Å²) in [6, 6.07) is 6.03. The van der Waals surface area contributed by atoms with Crippen LogP contribution in [-0.2, 0) is 13.0 Å². The minimum Gasteiger partial charge on any atom is -0.340 e. The van der Waals surface area contributed by atoms with Crippen LogP contribution in [-0.4, -0.2) is 51.4 Å². The SMILES string of the molecule is O=C1N(Cc2nc3c(F)c(F)ccc3[nH]2)CC(Cc2ccc(Cl)cc2Cl)N1CC(F)F. The number of fused-ring (bicyclic) bond motifs is 1. The molecule has 2 heterocycles. The van der Waals surface area contributed by atoms with E-state index in [1.807, 2.05) is 0 Å². The Hall–Kier alpha value is -2.52. The van der Waals surface area contributed by atoms with Gasteiger partial charge in [0.2, 0.25) is 0 Å². The molecule has 164 valence electrons. The Kier molecular flexibility index (Phi) is 5.98. The summed E-state index contributed by atoms with van der Waals surface area (Å²) in [4.78, 5) is 22.1. The molecule has 1 aromatic heterocycles. The summed E-state index contributed by atoms with van der Waals surface area (Å²) in [5.74, 6) is -1.91. The minimum atomic E-state index is -2.71. The fraction of sp³-hybridized carbons (Fsp3) is 0.300. The molecule has 1 aliphatic heterocycles. The third kappa shape index (κ3) is 4.43. The van der Waals surface area contributed by atoms with Crippen molar-refractivity contribution in [1.82, 2.24) is 19.8 Å². The maximum absolute atomic E-state index is 13.9. The van der Waals surface area contributed by atoms with E-state index >= 15 is 0 Å². The number of amides is 2. The normalized spacial score (nSPS) is 16.9. The number of nitrogens with one attached hydrogen (secondary N) is 1. The molecule has 1 fully saturated rings. The fourth-order valence-corrected chi connectivity index (χ4v) is 4.20. The highest BCUT2D eigenvalue weighted by Gasteiger charge is 2.39. The van der Waals surface area contributed by atoms with Gasteiger partial charge in [0.15, 0.2) is 11.6 Å². The fourth-order valence-electron chi connectivity index (χ4n) is 3.72. The first kappa shape index (κ1) is 21.7. The summed E-state index contributed by atoms with van der Waals surface area (Å²) < 4.78 is 53.6. The molecule has 1 atom stereocenters. The molecule has 0 radical (unpaired) electrons. The first-order valence-corrected chi connectivity index (χ1v) is 10.1. The second-order valence-electron chi connectivity index (χ2n) is 7.24. The number of benzene rings is 2. The molecule has 11 heteroatoms. The third-order valence-electron chi connectivity index (χ3n) is 5.13. The van der Waals surface area contributed by atoms with Gasteiger partial charge in [-0.15, -0.1) is 0 Å². The standard InChI is InChI=1S/C20H16Cl2F4N4O/c21-11-2-1-10(13(22)6-11)5-12-7-29(20(31)30(12)8-16(24)25)9-17-27-15-4-3-14(23)18(26)19(15)28-17/h1-4,6,12,16H,5,7-9H2,(H,27,28). The van der Waals surface area contributed by atoms with Gasteiger partial charge < -0.3 is 14.8 Å². The predicted molar refractivity (Wildman–Crippen MR) is 108 cm³/mol. The van der Waals surface area contributed by atoms with E-state index in [4.69, 9.17) is 23.2 Å². The van der Waals surface area contributed by atoms with Crippen LogP contribution in [0.2, 0.25) is 10.0 Å². The number of nitrogens with zero attached hydrogens (tertiary/aromatic N) is 3. The van der Waals surface area contributed by atoms with E-state index in [1.165, 1.54) is 11.0 Å². The molecule has 0 aliphatic carbocycles. The average Bonchev–Trinajstić information content (AvgIpc) is 3.24. The average molecular weight is 475 g/mol. The van der Waals surface area contributed by atoms with E-state index in [-0.39, 0.29) is 36.4 Å². The number of rotatable bonds is 6.